The molecule has 0 saturated heterocycles. The Balaban J connectivity index is 1.61. The summed E-state index contributed by atoms with van der Waals surface area (Å²) in [5, 5.41) is 21.2. The van der Waals surface area contributed by atoms with Gasteiger partial charge in [-0.25, -0.2) is 4.52 Å². The molecule has 9 heteroatoms. The Bertz CT molecular complexity index is 1180. The summed E-state index contributed by atoms with van der Waals surface area (Å²) in [4.78, 5) is 0. The van der Waals surface area contributed by atoms with Gasteiger partial charge in [-0.15, -0.1) is 0 Å². The number of halogens is 1. The first-order valence-electron chi connectivity index (χ1n) is 9.50. The van der Waals surface area contributed by atoms with E-state index in [-0.39, 0.29) is 6.10 Å². The van der Waals surface area contributed by atoms with E-state index in [9.17, 15) is 0 Å². The highest BCUT2D eigenvalue weighted by atomic mass is 35.5. The highest BCUT2D eigenvalue weighted by Gasteiger charge is 2.21. The molecule has 1 unspecified atom stereocenters. The standard InChI is InChI=1S/C20H20ClN7O/c1-12-17-10-22-6-7-27(17)26-19(12)14-8-18(20-15(21)9-24-28(20)11-14)29-13(2)16-4-3-5-23-25-16/h3-5,8-9,11,13,22H,6-7,10H2,1-2H3. The number of fused-ring (bicyclic) bond motifs is 2. The predicted octanol–water partition coefficient (Wildman–Crippen LogP) is 3.19. The van der Waals surface area contributed by atoms with E-state index in [0.29, 0.717) is 10.8 Å². The van der Waals surface area contributed by atoms with Crippen LogP contribution in [0.15, 0.2) is 36.8 Å². The van der Waals surface area contributed by atoms with Crippen molar-refractivity contribution in [2.24, 2.45) is 0 Å². The van der Waals surface area contributed by atoms with Gasteiger partial charge in [0.15, 0.2) is 0 Å². The summed E-state index contributed by atoms with van der Waals surface area (Å²) in [5.74, 6) is 0.631. The quantitative estimate of drug-likeness (QED) is 0.557. The maximum Gasteiger partial charge on any atom is 0.148 e. The minimum Gasteiger partial charge on any atom is -0.482 e. The van der Waals surface area contributed by atoms with Crippen molar-refractivity contribution in [1.82, 2.24) is 34.9 Å². The number of pyridine rings is 1. The third-order valence-corrected chi connectivity index (χ3v) is 5.51. The Labute approximate surface area is 172 Å². The fraction of sp³-hybridized carbons (Fsp3) is 0.300. The first-order valence-corrected chi connectivity index (χ1v) is 9.88. The normalized spacial score (nSPS) is 14.7. The van der Waals surface area contributed by atoms with Crippen LogP contribution in [0.3, 0.4) is 0 Å². The molecule has 1 atom stereocenters. The average Bonchev–Trinajstić information content (AvgIpc) is 3.29. The van der Waals surface area contributed by atoms with Crippen molar-refractivity contribution in [1.29, 1.82) is 0 Å². The minimum atomic E-state index is -0.297. The molecule has 1 aliphatic rings. The lowest BCUT2D eigenvalue weighted by atomic mass is 10.1. The second kappa shape index (κ2) is 7.13. The molecule has 0 aliphatic carbocycles. The van der Waals surface area contributed by atoms with Crippen LogP contribution in [0.1, 0.15) is 30.0 Å². The van der Waals surface area contributed by atoms with Gasteiger partial charge in [-0.3, -0.25) is 4.68 Å². The van der Waals surface area contributed by atoms with Gasteiger partial charge in [0.2, 0.25) is 0 Å². The second-order valence-electron chi connectivity index (χ2n) is 7.11. The Morgan fingerprint density at radius 3 is 3.03 bits per heavy atom. The van der Waals surface area contributed by atoms with Crippen LogP contribution < -0.4 is 10.1 Å². The van der Waals surface area contributed by atoms with E-state index >= 15 is 0 Å². The van der Waals surface area contributed by atoms with E-state index in [4.69, 9.17) is 21.4 Å². The van der Waals surface area contributed by atoms with E-state index in [0.717, 1.165) is 47.7 Å². The minimum absolute atomic E-state index is 0.297. The highest BCUT2D eigenvalue weighted by Crippen LogP contribution is 2.35. The molecule has 4 aromatic rings. The number of aromatic nitrogens is 6. The van der Waals surface area contributed by atoms with Crippen LogP contribution in [0, 0.1) is 6.92 Å². The van der Waals surface area contributed by atoms with Crippen molar-refractivity contribution in [2.45, 2.75) is 33.0 Å². The molecule has 29 heavy (non-hydrogen) atoms. The fourth-order valence-corrected chi connectivity index (χ4v) is 3.93. The lowest BCUT2D eigenvalue weighted by Crippen LogP contribution is -2.28. The van der Waals surface area contributed by atoms with Crippen LogP contribution in [0.2, 0.25) is 5.02 Å². The van der Waals surface area contributed by atoms with Gasteiger partial charge in [0.05, 0.1) is 29.2 Å². The van der Waals surface area contributed by atoms with E-state index in [2.05, 4.69) is 32.2 Å². The van der Waals surface area contributed by atoms with Crippen molar-refractivity contribution < 1.29 is 4.74 Å². The second-order valence-corrected chi connectivity index (χ2v) is 7.51. The summed E-state index contributed by atoms with van der Waals surface area (Å²) in [6.45, 7) is 6.64. The van der Waals surface area contributed by atoms with Crippen molar-refractivity contribution in [3.8, 4) is 17.0 Å². The number of nitrogens with zero attached hydrogens (tertiary/aromatic N) is 6. The Morgan fingerprint density at radius 1 is 1.34 bits per heavy atom. The van der Waals surface area contributed by atoms with Crippen LogP contribution in [0.5, 0.6) is 5.75 Å². The topological polar surface area (TPSA) is 82.2 Å². The van der Waals surface area contributed by atoms with Gasteiger partial charge in [0, 0.05) is 31.0 Å². The van der Waals surface area contributed by atoms with E-state index in [1.165, 1.54) is 5.69 Å². The number of hydrogen-bond donors (Lipinski definition) is 1. The van der Waals surface area contributed by atoms with E-state index < -0.39 is 0 Å². The van der Waals surface area contributed by atoms with Gasteiger partial charge in [-0.05, 0) is 37.6 Å². The maximum atomic E-state index is 6.40. The first kappa shape index (κ1) is 18.1. The van der Waals surface area contributed by atoms with Gasteiger partial charge in [-0.1, -0.05) is 11.6 Å². The summed E-state index contributed by atoms with van der Waals surface area (Å²) in [6.07, 6.45) is 4.90. The zero-order chi connectivity index (χ0) is 20.0. The number of hydrogen-bond acceptors (Lipinski definition) is 6. The molecular weight excluding hydrogens is 390 g/mol. The van der Waals surface area contributed by atoms with Crippen LogP contribution in [0.25, 0.3) is 16.8 Å². The maximum absolute atomic E-state index is 6.40. The van der Waals surface area contributed by atoms with Crippen molar-refractivity contribution in [3.05, 3.63) is 58.8 Å². The molecule has 0 radical (unpaired) electrons. The smallest absolute Gasteiger partial charge is 0.148 e. The molecular formula is C20H20ClN7O. The molecule has 0 amide bonds. The molecule has 4 aromatic heterocycles. The summed E-state index contributed by atoms with van der Waals surface area (Å²) in [5.41, 5.74) is 5.68. The fourth-order valence-electron chi connectivity index (χ4n) is 3.71. The third kappa shape index (κ3) is 3.14. The van der Waals surface area contributed by atoms with Crippen LogP contribution in [-0.2, 0) is 13.1 Å². The molecule has 1 aliphatic heterocycles. The summed E-state index contributed by atoms with van der Waals surface area (Å²) in [6, 6.07) is 5.70. The summed E-state index contributed by atoms with van der Waals surface area (Å²) < 4.78 is 10.1. The summed E-state index contributed by atoms with van der Waals surface area (Å²) >= 11 is 6.40. The summed E-state index contributed by atoms with van der Waals surface area (Å²) in [7, 11) is 0. The van der Waals surface area contributed by atoms with Gasteiger partial charge in [0.1, 0.15) is 23.1 Å². The zero-order valence-electron chi connectivity index (χ0n) is 16.1. The molecule has 5 rings (SSSR count). The molecule has 0 fully saturated rings. The monoisotopic (exact) mass is 409 g/mol. The predicted molar refractivity (Wildman–Crippen MR) is 109 cm³/mol. The number of rotatable bonds is 4. The average molecular weight is 410 g/mol. The van der Waals surface area contributed by atoms with E-state index in [1.54, 1.807) is 16.9 Å². The van der Waals surface area contributed by atoms with Crippen molar-refractivity contribution >= 4 is 17.1 Å². The van der Waals surface area contributed by atoms with Gasteiger partial charge < -0.3 is 10.1 Å². The zero-order valence-corrected chi connectivity index (χ0v) is 16.9. The Kier molecular flexibility index (Phi) is 4.44. The SMILES string of the molecule is Cc1c(-c2cc(OC(C)c3cccnn3)c3c(Cl)cnn3c2)nn2c1CNCC2. The first-order chi connectivity index (χ1) is 14.1. The number of ether oxygens (including phenoxy) is 1. The van der Waals surface area contributed by atoms with Gasteiger partial charge >= 0.3 is 0 Å². The van der Waals surface area contributed by atoms with Crippen LogP contribution in [-0.4, -0.2) is 36.1 Å². The molecule has 1 N–H and O–H groups in total. The molecule has 148 valence electrons. The molecule has 0 spiro atoms. The number of nitrogens with one attached hydrogen (secondary N) is 1. The Morgan fingerprint density at radius 2 is 2.24 bits per heavy atom. The molecule has 0 saturated carbocycles. The van der Waals surface area contributed by atoms with Crippen molar-refractivity contribution in [3.63, 3.8) is 0 Å². The lowest BCUT2D eigenvalue weighted by molar-refractivity contribution is 0.222. The molecule has 0 bridgehead atoms. The largest absolute Gasteiger partial charge is 0.482 e. The third-order valence-electron chi connectivity index (χ3n) is 5.23. The molecule has 8 nitrogen and oxygen atoms in total. The van der Waals surface area contributed by atoms with Crippen molar-refractivity contribution in [2.75, 3.05) is 6.54 Å². The lowest BCUT2D eigenvalue weighted by Gasteiger charge is -2.16. The highest BCUT2D eigenvalue weighted by molar-refractivity contribution is 6.34. The van der Waals surface area contributed by atoms with Crippen LogP contribution >= 0.6 is 11.6 Å². The van der Waals surface area contributed by atoms with Gasteiger partial charge in [0.25, 0.3) is 0 Å². The molecule has 0 aromatic carbocycles. The van der Waals surface area contributed by atoms with Crippen LogP contribution in [0.4, 0.5) is 0 Å². The van der Waals surface area contributed by atoms with Gasteiger partial charge in [-0.2, -0.15) is 20.4 Å². The Hall–Kier alpha value is -2.97. The molecule has 5 heterocycles. The van der Waals surface area contributed by atoms with E-state index in [1.807, 2.05) is 31.3 Å².